The van der Waals surface area contributed by atoms with Crippen molar-refractivity contribution >= 4 is 0 Å². The average Bonchev–Trinajstić information content (AvgIpc) is 2.88. The van der Waals surface area contributed by atoms with Gasteiger partial charge in [-0.25, -0.2) is 0 Å². The minimum atomic E-state index is -4.38. The molecule has 1 fully saturated rings. The molecule has 0 saturated carbocycles. The van der Waals surface area contributed by atoms with Gasteiger partial charge in [-0.05, 0) is 72.6 Å². The van der Waals surface area contributed by atoms with E-state index in [1.54, 1.807) is 36.4 Å². The second-order valence-electron chi connectivity index (χ2n) is 9.11. The van der Waals surface area contributed by atoms with Crippen LogP contribution in [0.4, 0.5) is 26.3 Å². The quantitative estimate of drug-likeness (QED) is 0.214. The SMILES string of the molecule is FC(F)(F)c1ccc(CN2CCN(CCCOc3ccc(Oc4ccc(C(F)(F)F)cc4)cc3)CC2)cc1. The van der Waals surface area contributed by atoms with Crippen LogP contribution in [0, 0.1) is 0 Å². The molecule has 3 aromatic carbocycles. The van der Waals surface area contributed by atoms with Gasteiger partial charge in [0.05, 0.1) is 17.7 Å². The summed E-state index contributed by atoms with van der Waals surface area (Å²) in [6.07, 6.45) is -7.86. The summed E-state index contributed by atoms with van der Waals surface area (Å²) in [5, 5.41) is 0. The fourth-order valence-electron chi connectivity index (χ4n) is 4.16. The molecule has 0 bridgehead atoms. The van der Waals surface area contributed by atoms with Gasteiger partial charge in [0.25, 0.3) is 0 Å². The zero-order valence-corrected chi connectivity index (χ0v) is 20.6. The van der Waals surface area contributed by atoms with Crippen LogP contribution in [0.2, 0.25) is 0 Å². The Balaban J connectivity index is 1.12. The van der Waals surface area contributed by atoms with Gasteiger partial charge < -0.3 is 14.4 Å². The number of hydrogen-bond donors (Lipinski definition) is 0. The minimum absolute atomic E-state index is 0.311. The molecule has 1 saturated heterocycles. The lowest BCUT2D eigenvalue weighted by Crippen LogP contribution is -2.46. The normalized spacial score (nSPS) is 15.4. The van der Waals surface area contributed by atoms with Crippen LogP contribution in [-0.2, 0) is 18.9 Å². The lowest BCUT2D eigenvalue weighted by atomic mass is 10.1. The highest BCUT2D eigenvalue weighted by Gasteiger charge is 2.30. The Hall–Kier alpha value is -3.24. The van der Waals surface area contributed by atoms with E-state index < -0.39 is 23.5 Å². The molecule has 3 aromatic rings. The molecule has 38 heavy (non-hydrogen) atoms. The molecule has 4 rings (SSSR count). The maximum atomic E-state index is 12.7. The number of halogens is 6. The summed E-state index contributed by atoms with van der Waals surface area (Å²) in [7, 11) is 0. The number of hydrogen-bond acceptors (Lipinski definition) is 4. The van der Waals surface area contributed by atoms with Gasteiger partial charge in [-0.3, -0.25) is 4.90 Å². The van der Waals surface area contributed by atoms with Gasteiger partial charge in [0.15, 0.2) is 0 Å². The molecule has 0 aromatic heterocycles. The van der Waals surface area contributed by atoms with Gasteiger partial charge in [-0.1, -0.05) is 12.1 Å². The summed E-state index contributed by atoms with van der Waals surface area (Å²) in [5.41, 5.74) is -0.486. The summed E-state index contributed by atoms with van der Waals surface area (Å²) in [6, 6.07) is 16.8. The monoisotopic (exact) mass is 538 g/mol. The van der Waals surface area contributed by atoms with Crippen LogP contribution in [0.15, 0.2) is 72.8 Å². The molecule has 0 aliphatic carbocycles. The van der Waals surface area contributed by atoms with E-state index in [4.69, 9.17) is 9.47 Å². The molecule has 0 spiro atoms. The van der Waals surface area contributed by atoms with E-state index in [-0.39, 0.29) is 0 Å². The Bertz CT molecular complexity index is 1140. The van der Waals surface area contributed by atoms with Crippen LogP contribution < -0.4 is 9.47 Å². The van der Waals surface area contributed by atoms with E-state index in [2.05, 4.69) is 9.80 Å². The van der Waals surface area contributed by atoms with Crippen molar-refractivity contribution in [2.24, 2.45) is 0 Å². The molecule has 10 heteroatoms. The molecule has 0 amide bonds. The molecule has 0 unspecified atom stereocenters. The van der Waals surface area contributed by atoms with Gasteiger partial charge in [0.1, 0.15) is 17.2 Å². The molecule has 1 aliphatic heterocycles. The summed E-state index contributed by atoms with van der Waals surface area (Å²) >= 11 is 0. The molecule has 0 N–H and O–H groups in total. The highest BCUT2D eigenvalue weighted by molar-refractivity contribution is 5.36. The third kappa shape index (κ3) is 8.13. The zero-order chi connectivity index (χ0) is 27.2. The topological polar surface area (TPSA) is 24.9 Å². The van der Waals surface area contributed by atoms with Crippen molar-refractivity contribution in [3.63, 3.8) is 0 Å². The van der Waals surface area contributed by atoms with Crippen molar-refractivity contribution in [3.8, 4) is 17.2 Å². The maximum absolute atomic E-state index is 12.7. The second-order valence-corrected chi connectivity index (χ2v) is 9.11. The van der Waals surface area contributed by atoms with Crippen molar-refractivity contribution in [1.29, 1.82) is 0 Å². The van der Waals surface area contributed by atoms with Crippen LogP contribution in [-0.4, -0.2) is 49.1 Å². The largest absolute Gasteiger partial charge is 0.494 e. The molecule has 204 valence electrons. The first-order chi connectivity index (χ1) is 18.1. The van der Waals surface area contributed by atoms with E-state index in [9.17, 15) is 26.3 Å². The van der Waals surface area contributed by atoms with Gasteiger partial charge in [-0.2, -0.15) is 26.3 Å². The molecule has 4 nitrogen and oxygen atoms in total. The first kappa shape index (κ1) is 27.8. The lowest BCUT2D eigenvalue weighted by molar-refractivity contribution is -0.138. The molecular weight excluding hydrogens is 510 g/mol. The summed E-state index contributed by atoms with van der Waals surface area (Å²) < 4.78 is 87.5. The molecular formula is C28H28F6N2O2. The number of ether oxygens (including phenoxy) is 2. The van der Waals surface area contributed by atoms with Crippen LogP contribution in [0.25, 0.3) is 0 Å². The van der Waals surface area contributed by atoms with Crippen molar-refractivity contribution in [2.75, 3.05) is 39.3 Å². The average molecular weight is 539 g/mol. The fourth-order valence-corrected chi connectivity index (χ4v) is 4.16. The predicted molar refractivity (Wildman–Crippen MR) is 131 cm³/mol. The van der Waals surface area contributed by atoms with Crippen LogP contribution in [0.3, 0.4) is 0 Å². The summed E-state index contributed by atoms with van der Waals surface area (Å²) in [6.45, 7) is 5.51. The van der Waals surface area contributed by atoms with Crippen molar-refractivity contribution in [2.45, 2.75) is 25.3 Å². The fraction of sp³-hybridized carbons (Fsp3) is 0.357. The Labute approximate surface area is 217 Å². The van der Waals surface area contributed by atoms with Crippen LogP contribution >= 0.6 is 0 Å². The zero-order valence-electron chi connectivity index (χ0n) is 20.6. The Morgan fingerprint density at radius 2 is 1.03 bits per heavy atom. The van der Waals surface area contributed by atoms with Crippen molar-refractivity contribution in [1.82, 2.24) is 9.80 Å². The minimum Gasteiger partial charge on any atom is -0.494 e. The Kier molecular flexibility index (Phi) is 8.83. The van der Waals surface area contributed by atoms with Crippen LogP contribution in [0.1, 0.15) is 23.1 Å². The standard InChI is InChI=1S/C28H28F6N2O2/c29-27(30,31)22-4-2-21(3-5-22)20-36-17-15-35(16-18-36)14-1-19-37-24-10-12-26(13-11-24)38-25-8-6-23(7-9-25)28(32,33)34/h2-13H,1,14-20H2. The second kappa shape index (κ2) is 12.1. The molecule has 0 radical (unpaired) electrons. The number of nitrogens with zero attached hydrogens (tertiary/aromatic N) is 2. The third-order valence-corrected chi connectivity index (χ3v) is 6.28. The van der Waals surface area contributed by atoms with E-state index in [1.165, 1.54) is 12.1 Å². The first-order valence-corrected chi connectivity index (χ1v) is 12.2. The highest BCUT2D eigenvalue weighted by Crippen LogP contribution is 2.32. The highest BCUT2D eigenvalue weighted by atomic mass is 19.4. The van der Waals surface area contributed by atoms with Gasteiger partial charge in [0.2, 0.25) is 0 Å². The predicted octanol–water partition coefficient (Wildman–Crippen LogP) is 7.10. The number of rotatable bonds is 9. The Morgan fingerprint density at radius 1 is 0.579 bits per heavy atom. The van der Waals surface area contributed by atoms with Gasteiger partial charge >= 0.3 is 12.4 Å². The molecule has 1 heterocycles. The van der Waals surface area contributed by atoms with Crippen LogP contribution in [0.5, 0.6) is 17.2 Å². The van der Waals surface area contributed by atoms with Crippen molar-refractivity contribution in [3.05, 3.63) is 89.5 Å². The van der Waals surface area contributed by atoms with E-state index in [0.29, 0.717) is 30.4 Å². The summed E-state index contributed by atoms with van der Waals surface area (Å²) in [4.78, 5) is 4.58. The van der Waals surface area contributed by atoms with Gasteiger partial charge in [0, 0.05) is 39.3 Å². The maximum Gasteiger partial charge on any atom is 0.416 e. The van der Waals surface area contributed by atoms with E-state index in [0.717, 1.165) is 69.0 Å². The number of piperazine rings is 1. The third-order valence-electron chi connectivity index (χ3n) is 6.28. The smallest absolute Gasteiger partial charge is 0.416 e. The first-order valence-electron chi connectivity index (χ1n) is 12.2. The van der Waals surface area contributed by atoms with Gasteiger partial charge in [-0.15, -0.1) is 0 Å². The van der Waals surface area contributed by atoms with Crippen molar-refractivity contribution < 1.29 is 35.8 Å². The van der Waals surface area contributed by atoms with E-state index >= 15 is 0 Å². The molecule has 0 atom stereocenters. The van der Waals surface area contributed by atoms with E-state index in [1.807, 2.05) is 0 Å². The number of alkyl halides is 6. The molecule has 1 aliphatic rings. The number of benzene rings is 3. The lowest BCUT2D eigenvalue weighted by Gasteiger charge is -2.34. The summed E-state index contributed by atoms with van der Waals surface area (Å²) in [5.74, 6) is 1.48. The Morgan fingerprint density at radius 3 is 1.55 bits per heavy atom.